The van der Waals surface area contributed by atoms with Crippen molar-refractivity contribution in [2.75, 3.05) is 26.0 Å². The number of hydrogen-bond donors (Lipinski definition) is 1. The van der Waals surface area contributed by atoms with Gasteiger partial charge in [-0.15, -0.1) is 0 Å². The molecule has 1 atom stereocenters. The van der Waals surface area contributed by atoms with Crippen LogP contribution in [0.5, 0.6) is 6.01 Å². The molecule has 0 radical (unpaired) electrons. The fourth-order valence-electron chi connectivity index (χ4n) is 2.96. The van der Waals surface area contributed by atoms with Crippen LogP contribution < -0.4 is 10.1 Å². The van der Waals surface area contributed by atoms with Crippen molar-refractivity contribution in [1.29, 1.82) is 0 Å². The van der Waals surface area contributed by atoms with Gasteiger partial charge in [0.2, 0.25) is 5.95 Å². The van der Waals surface area contributed by atoms with Crippen LogP contribution in [-0.2, 0) is 6.54 Å². The maximum absolute atomic E-state index is 5.02. The van der Waals surface area contributed by atoms with Crippen molar-refractivity contribution in [3.8, 4) is 6.01 Å². The summed E-state index contributed by atoms with van der Waals surface area (Å²) < 4.78 is 5.02. The van der Waals surface area contributed by atoms with Gasteiger partial charge in [-0.25, -0.2) is 19.9 Å². The van der Waals surface area contributed by atoms with E-state index in [4.69, 9.17) is 4.74 Å². The van der Waals surface area contributed by atoms with Crippen LogP contribution in [0.3, 0.4) is 0 Å². The van der Waals surface area contributed by atoms with Gasteiger partial charge in [0.15, 0.2) is 0 Å². The highest BCUT2D eigenvalue weighted by molar-refractivity contribution is 5.25. The summed E-state index contributed by atoms with van der Waals surface area (Å²) in [6, 6.07) is 2.72. The van der Waals surface area contributed by atoms with Gasteiger partial charge >= 0.3 is 6.01 Å². The minimum Gasteiger partial charge on any atom is -0.467 e. The van der Waals surface area contributed by atoms with Crippen LogP contribution in [0.15, 0.2) is 24.7 Å². The number of nitrogens with zero attached hydrogens (tertiary/aromatic N) is 5. The second-order valence-electron chi connectivity index (χ2n) is 5.62. The van der Waals surface area contributed by atoms with E-state index in [-0.39, 0.29) is 0 Å². The van der Waals surface area contributed by atoms with Crippen molar-refractivity contribution in [2.45, 2.75) is 31.8 Å². The average molecular weight is 314 g/mol. The van der Waals surface area contributed by atoms with E-state index in [1.165, 1.54) is 12.8 Å². The van der Waals surface area contributed by atoms with Crippen LogP contribution >= 0.6 is 0 Å². The SMILES string of the molecule is CNc1nccc([C@H]2CCCCN2Cc2cnc(OC)nc2)n1. The fraction of sp³-hybridized carbons (Fsp3) is 0.500. The van der Waals surface area contributed by atoms with Crippen LogP contribution in [0.1, 0.15) is 36.6 Å². The van der Waals surface area contributed by atoms with Gasteiger partial charge in [-0.05, 0) is 25.5 Å². The number of methoxy groups -OCH3 is 1. The molecule has 3 heterocycles. The van der Waals surface area contributed by atoms with E-state index in [0.29, 0.717) is 18.0 Å². The summed E-state index contributed by atoms with van der Waals surface area (Å²) >= 11 is 0. The van der Waals surface area contributed by atoms with Crippen LogP contribution in [-0.4, -0.2) is 45.5 Å². The summed E-state index contributed by atoms with van der Waals surface area (Å²) in [6.45, 7) is 1.86. The molecule has 7 heteroatoms. The first-order valence-corrected chi connectivity index (χ1v) is 7.90. The Hall–Kier alpha value is -2.28. The first kappa shape index (κ1) is 15.6. The molecule has 2 aromatic heterocycles. The second-order valence-corrected chi connectivity index (χ2v) is 5.62. The zero-order valence-electron chi connectivity index (χ0n) is 13.6. The predicted octanol–water partition coefficient (Wildman–Crippen LogP) is 2.04. The lowest BCUT2D eigenvalue weighted by Gasteiger charge is -2.35. The third-order valence-corrected chi connectivity index (χ3v) is 4.11. The van der Waals surface area contributed by atoms with Gasteiger partial charge in [0.25, 0.3) is 0 Å². The summed E-state index contributed by atoms with van der Waals surface area (Å²) in [5, 5.41) is 3.01. The number of nitrogens with one attached hydrogen (secondary N) is 1. The van der Waals surface area contributed by atoms with E-state index in [2.05, 4.69) is 30.2 Å². The van der Waals surface area contributed by atoms with E-state index < -0.39 is 0 Å². The number of aromatic nitrogens is 4. The van der Waals surface area contributed by atoms with E-state index in [9.17, 15) is 0 Å². The summed E-state index contributed by atoms with van der Waals surface area (Å²) in [4.78, 5) is 19.7. The van der Waals surface area contributed by atoms with Crippen molar-refractivity contribution < 1.29 is 4.74 Å². The number of anilines is 1. The highest BCUT2D eigenvalue weighted by Crippen LogP contribution is 2.31. The molecule has 3 rings (SSSR count). The maximum atomic E-state index is 5.02. The zero-order valence-corrected chi connectivity index (χ0v) is 13.6. The Morgan fingerprint density at radius 3 is 2.83 bits per heavy atom. The molecular weight excluding hydrogens is 292 g/mol. The monoisotopic (exact) mass is 314 g/mol. The third-order valence-electron chi connectivity index (χ3n) is 4.11. The van der Waals surface area contributed by atoms with Crippen molar-refractivity contribution >= 4 is 5.95 Å². The summed E-state index contributed by atoms with van der Waals surface area (Å²) in [5.74, 6) is 0.667. The number of ether oxygens (including phenoxy) is 1. The quantitative estimate of drug-likeness (QED) is 0.905. The lowest BCUT2D eigenvalue weighted by atomic mass is 9.98. The van der Waals surface area contributed by atoms with Crippen molar-refractivity contribution in [3.05, 3.63) is 35.9 Å². The maximum Gasteiger partial charge on any atom is 0.316 e. The van der Waals surface area contributed by atoms with Crippen LogP contribution in [0.2, 0.25) is 0 Å². The Morgan fingerprint density at radius 1 is 1.26 bits per heavy atom. The smallest absolute Gasteiger partial charge is 0.316 e. The number of piperidine rings is 1. The molecule has 1 saturated heterocycles. The van der Waals surface area contributed by atoms with E-state index in [0.717, 1.165) is 30.8 Å². The highest BCUT2D eigenvalue weighted by Gasteiger charge is 2.25. The standard InChI is InChI=1S/C16H22N6O/c1-17-15-18-7-6-13(21-15)14-5-3-4-8-22(14)11-12-9-19-16(23-2)20-10-12/h6-7,9-10,14H,3-5,8,11H2,1-2H3,(H,17,18,21)/t14-/m1/s1. The van der Waals surface area contributed by atoms with Crippen molar-refractivity contribution in [3.63, 3.8) is 0 Å². The molecule has 23 heavy (non-hydrogen) atoms. The van der Waals surface area contributed by atoms with Crippen LogP contribution in [0.25, 0.3) is 0 Å². The lowest BCUT2D eigenvalue weighted by molar-refractivity contribution is 0.137. The predicted molar refractivity (Wildman–Crippen MR) is 87.2 cm³/mol. The molecule has 1 aliphatic rings. The molecular formula is C16H22N6O. The molecule has 122 valence electrons. The van der Waals surface area contributed by atoms with Gasteiger partial charge in [0.1, 0.15) is 0 Å². The van der Waals surface area contributed by atoms with E-state index in [1.807, 2.05) is 31.7 Å². The van der Waals surface area contributed by atoms with Crippen LogP contribution in [0.4, 0.5) is 5.95 Å². The Morgan fingerprint density at radius 2 is 2.09 bits per heavy atom. The topological polar surface area (TPSA) is 76.1 Å². The minimum atomic E-state index is 0.306. The zero-order chi connectivity index (χ0) is 16.1. The number of rotatable bonds is 5. The summed E-state index contributed by atoms with van der Waals surface area (Å²) in [6.07, 6.45) is 9.01. The largest absolute Gasteiger partial charge is 0.467 e. The van der Waals surface area contributed by atoms with Gasteiger partial charge in [0.05, 0.1) is 18.8 Å². The van der Waals surface area contributed by atoms with Gasteiger partial charge < -0.3 is 10.1 Å². The molecule has 0 bridgehead atoms. The molecule has 1 fully saturated rings. The minimum absolute atomic E-state index is 0.306. The van der Waals surface area contributed by atoms with Gasteiger partial charge in [-0.2, -0.15) is 0 Å². The Labute approximate surface area is 136 Å². The molecule has 7 nitrogen and oxygen atoms in total. The van der Waals surface area contributed by atoms with Gasteiger partial charge in [0, 0.05) is 37.7 Å². The lowest BCUT2D eigenvalue weighted by Crippen LogP contribution is -2.33. The van der Waals surface area contributed by atoms with E-state index in [1.54, 1.807) is 7.11 Å². The van der Waals surface area contributed by atoms with Gasteiger partial charge in [-0.3, -0.25) is 4.90 Å². The third kappa shape index (κ3) is 3.73. The Balaban J connectivity index is 1.77. The molecule has 0 saturated carbocycles. The van der Waals surface area contributed by atoms with E-state index >= 15 is 0 Å². The highest BCUT2D eigenvalue weighted by atomic mass is 16.5. The fourth-order valence-corrected chi connectivity index (χ4v) is 2.96. The molecule has 0 spiro atoms. The van der Waals surface area contributed by atoms with Crippen molar-refractivity contribution in [1.82, 2.24) is 24.8 Å². The molecule has 2 aromatic rings. The summed E-state index contributed by atoms with van der Waals surface area (Å²) in [7, 11) is 3.41. The molecule has 0 aliphatic carbocycles. The Kier molecular flexibility index (Phi) is 4.97. The molecule has 0 amide bonds. The molecule has 0 aromatic carbocycles. The normalized spacial score (nSPS) is 18.6. The molecule has 0 unspecified atom stereocenters. The Bertz CT molecular complexity index is 633. The van der Waals surface area contributed by atoms with Gasteiger partial charge in [-0.1, -0.05) is 6.42 Å². The summed E-state index contributed by atoms with van der Waals surface area (Å²) in [5.41, 5.74) is 2.15. The average Bonchev–Trinajstić information content (AvgIpc) is 2.63. The number of hydrogen-bond acceptors (Lipinski definition) is 7. The second kappa shape index (κ2) is 7.32. The van der Waals surface area contributed by atoms with Crippen LogP contribution in [0, 0.1) is 0 Å². The first-order chi connectivity index (χ1) is 11.3. The molecule has 1 aliphatic heterocycles. The number of likely N-dealkylation sites (tertiary alicyclic amines) is 1. The first-order valence-electron chi connectivity index (χ1n) is 7.90. The molecule has 1 N–H and O–H groups in total. The van der Waals surface area contributed by atoms with Crippen molar-refractivity contribution in [2.24, 2.45) is 0 Å².